The summed E-state index contributed by atoms with van der Waals surface area (Å²) in [5, 5.41) is 5.87. The van der Waals surface area contributed by atoms with Gasteiger partial charge in [-0.25, -0.2) is 0 Å². The number of carbonyl (C=O) groups excluding carboxylic acids is 1. The van der Waals surface area contributed by atoms with Crippen LogP contribution in [0, 0.1) is 0 Å². The Balaban J connectivity index is 1.76. The second-order valence-corrected chi connectivity index (χ2v) is 10.6. The molecule has 0 spiro atoms. The van der Waals surface area contributed by atoms with Gasteiger partial charge in [-0.2, -0.15) is 5.10 Å². The zero-order valence-corrected chi connectivity index (χ0v) is 21.2. The highest BCUT2D eigenvalue weighted by atomic mass is 79.9. The molecule has 0 aliphatic heterocycles. The first kappa shape index (κ1) is 25.1. The van der Waals surface area contributed by atoms with E-state index >= 15 is 0 Å². The number of hydrogen-bond donors (Lipinski definition) is 3. The third kappa shape index (κ3) is 5.36. The number of rotatable bonds is 8. The van der Waals surface area contributed by atoms with Crippen LogP contribution in [0.1, 0.15) is 37.8 Å². The fraction of sp³-hybridized carbons (Fsp3) is 0.250. The van der Waals surface area contributed by atoms with Crippen molar-refractivity contribution < 1.29 is 19.1 Å². The molecule has 0 bridgehead atoms. The van der Waals surface area contributed by atoms with Crippen LogP contribution in [0.25, 0.3) is 17.3 Å². The van der Waals surface area contributed by atoms with Gasteiger partial charge < -0.3 is 15.1 Å². The van der Waals surface area contributed by atoms with Crippen LogP contribution in [0.3, 0.4) is 0 Å². The molecule has 0 saturated carbocycles. The summed E-state index contributed by atoms with van der Waals surface area (Å²) in [7, 11) is -2.51. The van der Waals surface area contributed by atoms with Gasteiger partial charge in [0.25, 0.3) is 0 Å². The lowest BCUT2D eigenvalue weighted by Gasteiger charge is -2.33. The van der Waals surface area contributed by atoms with E-state index in [1.165, 1.54) is 6.08 Å². The van der Waals surface area contributed by atoms with Crippen molar-refractivity contribution >= 4 is 41.2 Å². The van der Waals surface area contributed by atoms with E-state index in [2.05, 4.69) is 26.3 Å². The molecule has 0 unspecified atom stereocenters. The van der Waals surface area contributed by atoms with Gasteiger partial charge in [0.2, 0.25) is 5.91 Å². The number of hydrogen-bond acceptors (Lipinski definition) is 3. The fourth-order valence-electron chi connectivity index (χ4n) is 3.99. The molecule has 3 N–H and O–H groups in total. The highest BCUT2D eigenvalue weighted by Gasteiger charge is 2.45. The van der Waals surface area contributed by atoms with Crippen molar-refractivity contribution in [3.8, 4) is 11.3 Å². The van der Waals surface area contributed by atoms with Crippen molar-refractivity contribution in [3.63, 3.8) is 0 Å². The van der Waals surface area contributed by atoms with E-state index in [0.717, 1.165) is 21.3 Å². The average Bonchev–Trinajstić information content (AvgIpc) is 3.14. The van der Waals surface area contributed by atoms with Crippen molar-refractivity contribution in [2.45, 2.75) is 31.8 Å². The molecule has 0 radical (unpaired) electrons. The molecular weight excluding hydrogens is 505 g/mol. The van der Waals surface area contributed by atoms with Crippen LogP contribution >= 0.6 is 23.5 Å². The molecule has 3 aromatic rings. The Bertz CT molecular complexity index is 1190. The topological polar surface area (TPSA) is 104 Å². The molecular formula is C24H27BrN3O4P. The number of nitrogens with zero attached hydrogens (tertiary/aromatic N) is 2. The van der Waals surface area contributed by atoms with E-state index in [1.54, 1.807) is 55.1 Å². The van der Waals surface area contributed by atoms with Crippen LogP contribution in [-0.4, -0.2) is 25.5 Å². The predicted molar refractivity (Wildman–Crippen MR) is 135 cm³/mol. The summed E-state index contributed by atoms with van der Waals surface area (Å²) in [4.78, 5) is 32.3. The lowest BCUT2D eigenvalue weighted by Crippen LogP contribution is -2.24. The minimum atomic E-state index is -4.36. The summed E-state index contributed by atoms with van der Waals surface area (Å²) in [5.74, 6) is -0.319. The van der Waals surface area contributed by atoms with Gasteiger partial charge in [-0.3, -0.25) is 14.0 Å². The van der Waals surface area contributed by atoms with Crippen LogP contribution in [0.15, 0.2) is 65.3 Å². The summed E-state index contributed by atoms with van der Waals surface area (Å²) in [6.45, 7) is 3.54. The van der Waals surface area contributed by atoms with E-state index in [1.807, 2.05) is 31.3 Å². The lowest BCUT2D eigenvalue weighted by atomic mass is 9.92. The molecule has 0 saturated heterocycles. The number of benzene rings is 2. The highest BCUT2D eigenvalue weighted by Crippen LogP contribution is 2.60. The van der Waals surface area contributed by atoms with E-state index in [9.17, 15) is 19.1 Å². The normalized spacial score (nSPS) is 12.3. The third-order valence-corrected chi connectivity index (χ3v) is 8.45. The van der Waals surface area contributed by atoms with Crippen molar-refractivity contribution in [2.24, 2.45) is 7.05 Å². The molecule has 1 amide bonds. The quantitative estimate of drug-likeness (QED) is 0.255. The zero-order chi connectivity index (χ0) is 24.2. The van der Waals surface area contributed by atoms with Crippen molar-refractivity contribution in [2.75, 3.05) is 5.32 Å². The SMILES string of the molecule is CCC(CC)(c1ccc(NC(=O)C=Cc2cnn(C)c2-c2ccc(Br)cc2)cc1)P(=O)(O)O. The van der Waals surface area contributed by atoms with E-state index < -0.39 is 12.8 Å². The van der Waals surface area contributed by atoms with Crippen molar-refractivity contribution in [1.29, 1.82) is 0 Å². The molecule has 33 heavy (non-hydrogen) atoms. The Kier molecular flexibility index (Phi) is 7.75. The van der Waals surface area contributed by atoms with Crippen molar-refractivity contribution in [1.82, 2.24) is 9.78 Å². The number of aryl methyl sites for hydroxylation is 1. The Morgan fingerprint density at radius 2 is 1.73 bits per heavy atom. The van der Waals surface area contributed by atoms with Gasteiger partial charge in [-0.1, -0.05) is 54.0 Å². The highest BCUT2D eigenvalue weighted by molar-refractivity contribution is 9.10. The van der Waals surface area contributed by atoms with Gasteiger partial charge in [-0.05, 0) is 48.7 Å². The third-order valence-electron chi connectivity index (χ3n) is 5.92. The van der Waals surface area contributed by atoms with E-state index in [-0.39, 0.29) is 5.91 Å². The summed E-state index contributed by atoms with van der Waals surface area (Å²) < 4.78 is 14.9. The molecule has 3 rings (SSSR count). The van der Waals surface area contributed by atoms with Crippen LogP contribution < -0.4 is 5.32 Å². The monoisotopic (exact) mass is 531 g/mol. The first-order valence-corrected chi connectivity index (χ1v) is 12.9. The molecule has 0 fully saturated rings. The number of nitrogens with one attached hydrogen (secondary N) is 1. The maximum atomic E-state index is 12.5. The number of halogens is 1. The largest absolute Gasteiger partial charge is 0.335 e. The summed E-state index contributed by atoms with van der Waals surface area (Å²) >= 11 is 3.43. The van der Waals surface area contributed by atoms with Gasteiger partial charge in [0, 0.05) is 34.4 Å². The summed E-state index contributed by atoms with van der Waals surface area (Å²) in [5.41, 5.74) is 3.78. The Hall–Kier alpha value is -2.51. The van der Waals surface area contributed by atoms with Crippen LogP contribution in [0.4, 0.5) is 5.69 Å². The second-order valence-electron chi connectivity index (χ2n) is 7.76. The molecule has 0 aliphatic carbocycles. The Morgan fingerprint density at radius 3 is 2.27 bits per heavy atom. The maximum absolute atomic E-state index is 12.5. The predicted octanol–water partition coefficient (Wildman–Crippen LogP) is 5.69. The van der Waals surface area contributed by atoms with Crippen LogP contribution in [0.5, 0.6) is 0 Å². The van der Waals surface area contributed by atoms with Crippen LogP contribution in [-0.2, 0) is 21.6 Å². The minimum absolute atomic E-state index is 0.314. The first-order chi connectivity index (χ1) is 15.6. The minimum Gasteiger partial charge on any atom is -0.324 e. The first-order valence-electron chi connectivity index (χ1n) is 10.5. The number of anilines is 1. The van der Waals surface area contributed by atoms with Crippen molar-refractivity contribution in [3.05, 3.63) is 76.4 Å². The molecule has 9 heteroatoms. The lowest BCUT2D eigenvalue weighted by molar-refractivity contribution is -0.111. The molecule has 0 aliphatic rings. The van der Waals surface area contributed by atoms with Gasteiger partial charge in [0.05, 0.1) is 17.0 Å². The molecule has 1 aromatic heterocycles. The van der Waals surface area contributed by atoms with Crippen LogP contribution in [0.2, 0.25) is 0 Å². The molecule has 1 heterocycles. The number of amides is 1. The molecule has 0 atom stereocenters. The zero-order valence-electron chi connectivity index (χ0n) is 18.7. The Morgan fingerprint density at radius 1 is 1.12 bits per heavy atom. The van der Waals surface area contributed by atoms with Gasteiger partial charge in [0.15, 0.2) is 0 Å². The molecule has 174 valence electrons. The number of carbonyl (C=O) groups is 1. The van der Waals surface area contributed by atoms with E-state index in [4.69, 9.17) is 0 Å². The van der Waals surface area contributed by atoms with Gasteiger partial charge in [0.1, 0.15) is 0 Å². The standard InChI is InChI=1S/C24H27BrN3O4P/c1-4-24(5-2,33(30,31)32)19-9-13-21(14-10-19)27-22(29)15-8-18-16-26-28(3)23(18)17-6-11-20(25)12-7-17/h6-16H,4-5H2,1-3H3,(H,27,29)(H2,30,31,32). The Labute approximate surface area is 201 Å². The van der Waals surface area contributed by atoms with Gasteiger partial charge >= 0.3 is 7.60 Å². The van der Waals surface area contributed by atoms with Gasteiger partial charge in [-0.15, -0.1) is 0 Å². The smallest absolute Gasteiger partial charge is 0.324 e. The molecule has 7 nitrogen and oxygen atoms in total. The second kappa shape index (κ2) is 10.2. The summed E-state index contributed by atoms with van der Waals surface area (Å²) in [6, 6.07) is 14.5. The number of aromatic nitrogens is 2. The van der Waals surface area contributed by atoms with E-state index in [0.29, 0.717) is 24.1 Å². The summed E-state index contributed by atoms with van der Waals surface area (Å²) in [6.07, 6.45) is 5.47. The fourth-order valence-corrected chi connectivity index (χ4v) is 5.56. The maximum Gasteiger partial charge on any atom is 0.335 e. The average molecular weight is 532 g/mol. The molecule has 2 aromatic carbocycles.